The van der Waals surface area contributed by atoms with Gasteiger partial charge in [-0.15, -0.1) is 0 Å². The summed E-state index contributed by atoms with van der Waals surface area (Å²) in [5.41, 5.74) is 0. The Bertz CT molecular complexity index is 132. The Morgan fingerprint density at radius 2 is 1.60 bits per heavy atom. The quantitative estimate of drug-likeness (QED) is 0.437. The standard InChI is InChI=1S/C12H28NOP/c1-6-7-8-9-10-14-15-13(11(2)3)12(4)5/h11-12,15H,6-10H2,1-5H3. The predicted octanol–water partition coefficient (Wildman–Crippen LogP) is 4.21. The molecule has 0 aliphatic carbocycles. The molecule has 2 nitrogen and oxygen atoms in total. The Hall–Kier alpha value is 0.350. The van der Waals surface area contributed by atoms with Gasteiger partial charge < -0.3 is 4.52 Å². The highest BCUT2D eigenvalue weighted by atomic mass is 31.1. The highest BCUT2D eigenvalue weighted by Gasteiger charge is 2.12. The molecule has 0 rings (SSSR count). The molecule has 0 fully saturated rings. The van der Waals surface area contributed by atoms with Crippen LogP contribution in [-0.2, 0) is 4.52 Å². The highest BCUT2D eigenvalue weighted by Crippen LogP contribution is 2.25. The van der Waals surface area contributed by atoms with E-state index in [1.807, 2.05) is 0 Å². The molecular weight excluding hydrogens is 205 g/mol. The molecule has 0 radical (unpaired) electrons. The van der Waals surface area contributed by atoms with E-state index in [1.54, 1.807) is 0 Å². The van der Waals surface area contributed by atoms with Gasteiger partial charge in [-0.2, -0.15) is 0 Å². The van der Waals surface area contributed by atoms with Crippen molar-refractivity contribution in [3.8, 4) is 0 Å². The van der Waals surface area contributed by atoms with Gasteiger partial charge in [-0.25, -0.2) is 0 Å². The molecule has 0 heterocycles. The summed E-state index contributed by atoms with van der Waals surface area (Å²) in [7, 11) is 0.529. The molecule has 0 amide bonds. The van der Waals surface area contributed by atoms with Gasteiger partial charge in [0.05, 0.1) is 15.6 Å². The van der Waals surface area contributed by atoms with E-state index < -0.39 is 0 Å². The molecular formula is C12H28NOP. The summed E-state index contributed by atoms with van der Waals surface area (Å²) in [6, 6.07) is 1.16. The van der Waals surface area contributed by atoms with Crippen molar-refractivity contribution in [1.82, 2.24) is 4.67 Å². The molecule has 3 heteroatoms. The third-order valence-corrected chi connectivity index (χ3v) is 3.96. The van der Waals surface area contributed by atoms with Crippen LogP contribution in [0.5, 0.6) is 0 Å². The lowest BCUT2D eigenvalue weighted by molar-refractivity contribution is 0.263. The minimum Gasteiger partial charge on any atom is -0.346 e. The summed E-state index contributed by atoms with van der Waals surface area (Å²) in [4.78, 5) is 0. The van der Waals surface area contributed by atoms with Crippen molar-refractivity contribution in [2.75, 3.05) is 6.61 Å². The summed E-state index contributed by atoms with van der Waals surface area (Å²) < 4.78 is 8.12. The topological polar surface area (TPSA) is 12.5 Å². The van der Waals surface area contributed by atoms with Gasteiger partial charge in [-0.05, 0) is 34.1 Å². The lowest BCUT2D eigenvalue weighted by Gasteiger charge is -2.29. The maximum atomic E-state index is 5.72. The van der Waals surface area contributed by atoms with Gasteiger partial charge in [0.2, 0.25) is 0 Å². The summed E-state index contributed by atoms with van der Waals surface area (Å²) in [6.07, 6.45) is 5.16. The van der Waals surface area contributed by atoms with Gasteiger partial charge in [0.1, 0.15) is 0 Å². The molecule has 0 aromatic rings. The molecule has 0 spiro atoms. The molecule has 0 aliphatic heterocycles. The maximum Gasteiger partial charge on any atom is 0.0893 e. The minimum atomic E-state index is 0.529. The molecule has 1 unspecified atom stereocenters. The summed E-state index contributed by atoms with van der Waals surface area (Å²) in [5.74, 6) is 0. The summed E-state index contributed by atoms with van der Waals surface area (Å²) >= 11 is 0. The van der Waals surface area contributed by atoms with Gasteiger partial charge in [-0.3, -0.25) is 4.67 Å². The second kappa shape index (κ2) is 9.57. The molecule has 92 valence electrons. The zero-order valence-electron chi connectivity index (χ0n) is 11.0. The molecule has 1 atom stereocenters. The third-order valence-electron chi connectivity index (χ3n) is 2.38. The van der Waals surface area contributed by atoms with Gasteiger partial charge in [0.15, 0.2) is 0 Å². The Morgan fingerprint density at radius 1 is 1.00 bits per heavy atom. The van der Waals surface area contributed by atoms with Crippen LogP contribution < -0.4 is 0 Å². The molecule has 0 saturated heterocycles. The Labute approximate surface area is 97.7 Å². The van der Waals surface area contributed by atoms with E-state index in [1.165, 1.54) is 25.7 Å². The van der Waals surface area contributed by atoms with E-state index in [4.69, 9.17) is 4.52 Å². The molecule has 15 heavy (non-hydrogen) atoms. The largest absolute Gasteiger partial charge is 0.346 e. The summed E-state index contributed by atoms with van der Waals surface area (Å²) in [5, 5.41) is 0. The average molecular weight is 233 g/mol. The van der Waals surface area contributed by atoms with Crippen LogP contribution in [0.3, 0.4) is 0 Å². The zero-order chi connectivity index (χ0) is 11.7. The van der Waals surface area contributed by atoms with E-state index in [9.17, 15) is 0 Å². The van der Waals surface area contributed by atoms with Crippen LogP contribution in [0, 0.1) is 0 Å². The van der Waals surface area contributed by atoms with Crippen LogP contribution in [0.1, 0.15) is 60.3 Å². The van der Waals surface area contributed by atoms with Crippen LogP contribution in [0.2, 0.25) is 0 Å². The fourth-order valence-electron chi connectivity index (χ4n) is 1.53. The normalized spacial score (nSPS) is 12.8. The SMILES string of the molecule is CCCCCCOPN(C(C)C)C(C)C. The van der Waals surface area contributed by atoms with Crippen molar-refractivity contribution in [3.63, 3.8) is 0 Å². The van der Waals surface area contributed by atoms with Gasteiger partial charge in [-0.1, -0.05) is 26.2 Å². The van der Waals surface area contributed by atoms with Crippen molar-refractivity contribution >= 4 is 8.96 Å². The highest BCUT2D eigenvalue weighted by molar-refractivity contribution is 7.29. The minimum absolute atomic E-state index is 0.529. The van der Waals surface area contributed by atoms with Gasteiger partial charge >= 0.3 is 0 Å². The first-order valence-corrected chi connectivity index (χ1v) is 7.10. The van der Waals surface area contributed by atoms with Crippen LogP contribution >= 0.6 is 8.96 Å². The first kappa shape index (κ1) is 15.3. The number of rotatable bonds is 9. The van der Waals surface area contributed by atoms with Crippen molar-refractivity contribution in [1.29, 1.82) is 0 Å². The lowest BCUT2D eigenvalue weighted by Crippen LogP contribution is -2.29. The zero-order valence-corrected chi connectivity index (χ0v) is 12.0. The number of nitrogens with zero attached hydrogens (tertiary/aromatic N) is 1. The molecule has 0 aliphatic rings. The monoisotopic (exact) mass is 233 g/mol. The Balaban J connectivity index is 3.46. The van der Waals surface area contributed by atoms with E-state index in [-0.39, 0.29) is 0 Å². The van der Waals surface area contributed by atoms with Crippen molar-refractivity contribution in [2.24, 2.45) is 0 Å². The Kier molecular flexibility index (Phi) is 9.79. The Morgan fingerprint density at radius 3 is 2.07 bits per heavy atom. The molecule has 0 saturated carbocycles. The number of hydrogen-bond acceptors (Lipinski definition) is 2. The van der Waals surface area contributed by atoms with E-state index in [0.717, 1.165) is 6.61 Å². The smallest absolute Gasteiger partial charge is 0.0893 e. The lowest BCUT2D eigenvalue weighted by atomic mass is 10.2. The molecule has 0 bridgehead atoms. The predicted molar refractivity (Wildman–Crippen MR) is 70.5 cm³/mol. The fraction of sp³-hybridized carbons (Fsp3) is 1.00. The van der Waals surface area contributed by atoms with Crippen LogP contribution in [0.25, 0.3) is 0 Å². The first-order valence-electron chi connectivity index (χ1n) is 6.25. The average Bonchev–Trinajstić information content (AvgIpc) is 2.15. The van der Waals surface area contributed by atoms with Crippen LogP contribution in [0.4, 0.5) is 0 Å². The van der Waals surface area contributed by atoms with E-state index in [0.29, 0.717) is 21.0 Å². The molecule has 0 aromatic heterocycles. The van der Waals surface area contributed by atoms with E-state index in [2.05, 4.69) is 39.3 Å². The second-order valence-corrected chi connectivity index (χ2v) is 5.58. The van der Waals surface area contributed by atoms with Crippen molar-refractivity contribution in [2.45, 2.75) is 72.4 Å². The van der Waals surface area contributed by atoms with Crippen molar-refractivity contribution < 1.29 is 4.52 Å². The molecule has 0 N–H and O–H groups in total. The van der Waals surface area contributed by atoms with Crippen LogP contribution in [-0.4, -0.2) is 23.4 Å². The summed E-state index contributed by atoms with van der Waals surface area (Å²) in [6.45, 7) is 12.1. The third kappa shape index (κ3) is 8.19. The first-order chi connectivity index (χ1) is 7.09. The second-order valence-electron chi connectivity index (χ2n) is 4.60. The van der Waals surface area contributed by atoms with Crippen molar-refractivity contribution in [3.05, 3.63) is 0 Å². The maximum absolute atomic E-state index is 5.72. The number of hydrogen-bond donors (Lipinski definition) is 0. The molecule has 0 aromatic carbocycles. The fourth-order valence-corrected chi connectivity index (χ4v) is 2.33. The van der Waals surface area contributed by atoms with Gasteiger partial charge in [0, 0.05) is 12.1 Å². The van der Waals surface area contributed by atoms with E-state index >= 15 is 0 Å². The number of unbranched alkanes of at least 4 members (excludes halogenated alkanes) is 3. The van der Waals surface area contributed by atoms with Crippen LogP contribution in [0.15, 0.2) is 0 Å². The van der Waals surface area contributed by atoms with Gasteiger partial charge in [0.25, 0.3) is 0 Å².